The summed E-state index contributed by atoms with van der Waals surface area (Å²) >= 11 is 0. The zero-order valence-corrected chi connectivity index (χ0v) is 12.2. The van der Waals surface area contributed by atoms with Crippen molar-refractivity contribution in [3.05, 3.63) is 35.4 Å². The number of methoxy groups -OCH3 is 1. The van der Waals surface area contributed by atoms with E-state index in [0.717, 1.165) is 0 Å². The Labute approximate surface area is 127 Å². The van der Waals surface area contributed by atoms with Crippen LogP contribution in [0.15, 0.2) is 24.3 Å². The molecule has 1 heterocycles. The van der Waals surface area contributed by atoms with E-state index in [1.807, 2.05) is 0 Å². The first-order valence-electron chi connectivity index (χ1n) is 6.99. The Kier molecular flexibility index (Phi) is 4.98. The van der Waals surface area contributed by atoms with E-state index >= 15 is 0 Å². The molecular weight excluding hydrogens is 288 g/mol. The lowest BCUT2D eigenvalue weighted by Gasteiger charge is -2.32. The van der Waals surface area contributed by atoms with Crippen molar-refractivity contribution in [2.75, 3.05) is 20.2 Å². The first-order valence-corrected chi connectivity index (χ1v) is 6.99. The fourth-order valence-corrected chi connectivity index (χ4v) is 2.48. The maximum Gasteiger partial charge on any atom is 0.407 e. The van der Waals surface area contributed by atoms with Gasteiger partial charge in [0.25, 0.3) is 5.91 Å². The number of carbonyl (C=O) groups is 3. The number of hydrogen-bond acceptors (Lipinski definition) is 4. The quantitative estimate of drug-likeness (QED) is 0.878. The van der Waals surface area contributed by atoms with Gasteiger partial charge in [-0.1, -0.05) is 12.1 Å². The normalized spacial score (nSPS) is 15.2. The average molecular weight is 306 g/mol. The summed E-state index contributed by atoms with van der Waals surface area (Å²) in [5, 5.41) is 11.9. The summed E-state index contributed by atoms with van der Waals surface area (Å²) in [4.78, 5) is 36.4. The highest BCUT2D eigenvalue weighted by Gasteiger charge is 2.26. The summed E-state index contributed by atoms with van der Waals surface area (Å²) in [6.45, 7) is 0.920. The van der Waals surface area contributed by atoms with Crippen molar-refractivity contribution in [2.45, 2.75) is 18.9 Å². The van der Waals surface area contributed by atoms with E-state index in [4.69, 9.17) is 5.11 Å². The second-order valence-corrected chi connectivity index (χ2v) is 5.05. The second kappa shape index (κ2) is 6.93. The van der Waals surface area contributed by atoms with E-state index in [2.05, 4.69) is 10.1 Å². The van der Waals surface area contributed by atoms with Crippen LogP contribution in [0.2, 0.25) is 0 Å². The molecule has 2 amide bonds. The third-order valence-corrected chi connectivity index (χ3v) is 3.68. The van der Waals surface area contributed by atoms with Gasteiger partial charge < -0.3 is 20.1 Å². The Balaban J connectivity index is 2.01. The monoisotopic (exact) mass is 306 g/mol. The summed E-state index contributed by atoms with van der Waals surface area (Å²) in [6.07, 6.45) is 0.729. The topological polar surface area (TPSA) is 95.9 Å². The Hall–Kier alpha value is -2.57. The van der Waals surface area contributed by atoms with Crippen molar-refractivity contribution >= 4 is 18.0 Å². The van der Waals surface area contributed by atoms with E-state index in [-0.39, 0.29) is 23.1 Å². The molecule has 2 rings (SSSR count). The van der Waals surface area contributed by atoms with Crippen LogP contribution in [-0.4, -0.2) is 54.2 Å². The molecule has 2 N–H and O–H groups in total. The van der Waals surface area contributed by atoms with Gasteiger partial charge in [0.05, 0.1) is 18.2 Å². The van der Waals surface area contributed by atoms with E-state index in [1.54, 1.807) is 17.0 Å². The molecule has 1 aromatic carbocycles. The fourth-order valence-electron chi connectivity index (χ4n) is 2.48. The Bertz CT molecular complexity index is 579. The van der Waals surface area contributed by atoms with Crippen LogP contribution in [0.25, 0.3) is 0 Å². The number of aromatic carboxylic acids is 1. The zero-order valence-electron chi connectivity index (χ0n) is 12.2. The molecule has 0 radical (unpaired) electrons. The lowest BCUT2D eigenvalue weighted by molar-refractivity contribution is 0.0657. The van der Waals surface area contributed by atoms with Crippen molar-refractivity contribution in [1.29, 1.82) is 0 Å². The van der Waals surface area contributed by atoms with Gasteiger partial charge in [0.1, 0.15) is 0 Å². The van der Waals surface area contributed by atoms with Crippen LogP contribution in [0.4, 0.5) is 4.79 Å². The van der Waals surface area contributed by atoms with Crippen LogP contribution in [0.1, 0.15) is 33.6 Å². The number of carbonyl (C=O) groups excluding carboxylic acids is 2. The first kappa shape index (κ1) is 15.8. The number of nitrogens with zero attached hydrogens (tertiary/aromatic N) is 1. The number of hydrogen-bond donors (Lipinski definition) is 2. The first-order chi connectivity index (χ1) is 10.5. The molecule has 7 nitrogen and oxygen atoms in total. The van der Waals surface area contributed by atoms with Gasteiger partial charge >= 0.3 is 12.1 Å². The average Bonchev–Trinajstić information content (AvgIpc) is 2.54. The molecule has 0 aromatic heterocycles. The molecule has 0 saturated carbocycles. The molecular formula is C15H18N2O5. The number of rotatable bonds is 3. The molecule has 1 aliphatic rings. The minimum absolute atomic E-state index is 0.00214. The number of piperidine rings is 1. The van der Waals surface area contributed by atoms with Crippen LogP contribution in [0, 0.1) is 0 Å². The largest absolute Gasteiger partial charge is 0.478 e. The lowest BCUT2D eigenvalue weighted by atomic mass is 10.0. The van der Waals surface area contributed by atoms with Gasteiger partial charge in [-0.3, -0.25) is 4.79 Å². The van der Waals surface area contributed by atoms with E-state index < -0.39 is 12.1 Å². The van der Waals surface area contributed by atoms with Crippen LogP contribution < -0.4 is 5.32 Å². The summed E-state index contributed by atoms with van der Waals surface area (Å²) in [7, 11) is 1.30. The summed E-state index contributed by atoms with van der Waals surface area (Å²) in [5.74, 6) is -1.42. The van der Waals surface area contributed by atoms with Crippen LogP contribution in [0.3, 0.4) is 0 Å². The maximum atomic E-state index is 12.5. The summed E-state index contributed by atoms with van der Waals surface area (Å²) < 4.78 is 4.54. The van der Waals surface area contributed by atoms with Crippen molar-refractivity contribution in [3.63, 3.8) is 0 Å². The van der Waals surface area contributed by atoms with Gasteiger partial charge in [0.2, 0.25) is 0 Å². The molecule has 0 spiro atoms. The highest BCUT2D eigenvalue weighted by Crippen LogP contribution is 2.17. The van der Waals surface area contributed by atoms with Gasteiger partial charge in [0, 0.05) is 19.1 Å². The lowest BCUT2D eigenvalue weighted by Crippen LogP contribution is -2.46. The van der Waals surface area contributed by atoms with Crippen molar-refractivity contribution < 1.29 is 24.2 Å². The van der Waals surface area contributed by atoms with Crippen LogP contribution >= 0.6 is 0 Å². The van der Waals surface area contributed by atoms with E-state index in [9.17, 15) is 14.4 Å². The molecule has 0 aliphatic carbocycles. The molecule has 0 unspecified atom stereocenters. The second-order valence-electron chi connectivity index (χ2n) is 5.05. The molecule has 0 bridgehead atoms. The van der Waals surface area contributed by atoms with Gasteiger partial charge in [-0.2, -0.15) is 0 Å². The third kappa shape index (κ3) is 3.55. The summed E-state index contributed by atoms with van der Waals surface area (Å²) in [5.41, 5.74) is 0.191. The number of ether oxygens (including phenoxy) is 1. The van der Waals surface area contributed by atoms with Crippen molar-refractivity contribution in [2.24, 2.45) is 0 Å². The minimum Gasteiger partial charge on any atom is -0.478 e. The highest BCUT2D eigenvalue weighted by atomic mass is 16.5. The molecule has 22 heavy (non-hydrogen) atoms. The number of likely N-dealkylation sites (tertiary alicyclic amines) is 1. The van der Waals surface area contributed by atoms with Crippen molar-refractivity contribution in [1.82, 2.24) is 10.2 Å². The van der Waals surface area contributed by atoms with Gasteiger partial charge in [0.15, 0.2) is 0 Å². The maximum absolute atomic E-state index is 12.5. The minimum atomic E-state index is -1.12. The van der Waals surface area contributed by atoms with E-state index in [1.165, 1.54) is 19.2 Å². The number of benzene rings is 1. The number of carboxylic acid groups (broad SMARTS) is 1. The Morgan fingerprint density at radius 2 is 1.77 bits per heavy atom. The number of nitrogens with one attached hydrogen (secondary N) is 1. The number of alkyl carbamates (subject to hydrolysis) is 1. The van der Waals surface area contributed by atoms with Crippen molar-refractivity contribution in [3.8, 4) is 0 Å². The highest BCUT2D eigenvalue weighted by molar-refractivity contribution is 6.04. The molecule has 1 aromatic rings. The van der Waals surface area contributed by atoms with Crippen LogP contribution in [0.5, 0.6) is 0 Å². The number of carboxylic acids is 1. The number of amides is 2. The smallest absolute Gasteiger partial charge is 0.407 e. The molecule has 1 fully saturated rings. The standard InChI is InChI=1S/C15H18N2O5/c1-22-15(21)16-10-6-8-17(9-7-10)13(18)11-4-2-3-5-12(11)14(19)20/h2-5,10H,6-9H2,1H3,(H,16,21)(H,19,20). The zero-order chi connectivity index (χ0) is 16.1. The van der Waals surface area contributed by atoms with E-state index in [0.29, 0.717) is 25.9 Å². The van der Waals surface area contributed by atoms with Gasteiger partial charge in [-0.05, 0) is 25.0 Å². The third-order valence-electron chi connectivity index (χ3n) is 3.68. The Morgan fingerprint density at radius 1 is 1.18 bits per heavy atom. The fraction of sp³-hybridized carbons (Fsp3) is 0.400. The molecule has 1 aliphatic heterocycles. The molecule has 0 atom stereocenters. The molecule has 1 saturated heterocycles. The predicted molar refractivity (Wildman–Crippen MR) is 77.9 cm³/mol. The molecule has 118 valence electrons. The van der Waals surface area contributed by atoms with Gasteiger partial charge in [-0.25, -0.2) is 9.59 Å². The summed E-state index contributed by atoms with van der Waals surface area (Å²) in [6, 6.07) is 6.13. The molecule has 7 heteroatoms. The Morgan fingerprint density at radius 3 is 2.32 bits per heavy atom. The van der Waals surface area contributed by atoms with Gasteiger partial charge in [-0.15, -0.1) is 0 Å². The SMILES string of the molecule is COC(=O)NC1CCN(C(=O)c2ccccc2C(=O)O)CC1. The predicted octanol–water partition coefficient (Wildman–Crippen LogP) is 1.35. The van der Waals surface area contributed by atoms with Crippen LogP contribution in [-0.2, 0) is 4.74 Å².